The van der Waals surface area contributed by atoms with Gasteiger partial charge in [-0.3, -0.25) is 0 Å². The van der Waals surface area contributed by atoms with Crippen LogP contribution >= 0.6 is 0 Å². The van der Waals surface area contributed by atoms with Crippen LogP contribution in [-0.4, -0.2) is 6.10 Å². The van der Waals surface area contributed by atoms with Gasteiger partial charge in [0.05, 0.1) is 0 Å². The second-order valence-corrected chi connectivity index (χ2v) is 6.72. The quantitative estimate of drug-likeness (QED) is 0.717. The van der Waals surface area contributed by atoms with Gasteiger partial charge < -0.3 is 9.15 Å². The highest BCUT2D eigenvalue weighted by Gasteiger charge is 2.56. The highest BCUT2D eigenvalue weighted by Crippen LogP contribution is 2.62. The lowest BCUT2D eigenvalue weighted by Crippen LogP contribution is -2.55. The fraction of sp³-hybridized carbons (Fsp3) is 0.562. The van der Waals surface area contributed by atoms with E-state index < -0.39 is 0 Å². The van der Waals surface area contributed by atoms with Crippen molar-refractivity contribution in [2.24, 2.45) is 17.3 Å². The molecule has 0 radical (unpaired) electrons. The second kappa shape index (κ2) is 3.33. The molecular formula is C16H18O3. The third kappa shape index (κ3) is 1.36. The summed E-state index contributed by atoms with van der Waals surface area (Å²) in [5.41, 5.74) is 1.98. The SMILES string of the molecule is Cc1cc2c(c(=O)o1)C=C1[C@H]3C[C@@H](C[C@H]1O2)C3(C)C. The molecular weight excluding hydrogens is 240 g/mol. The molecule has 0 saturated heterocycles. The Balaban J connectivity index is 1.86. The lowest BCUT2D eigenvalue weighted by Gasteiger charge is -2.60. The van der Waals surface area contributed by atoms with E-state index in [9.17, 15) is 4.79 Å². The van der Waals surface area contributed by atoms with E-state index in [0.717, 1.165) is 12.3 Å². The fourth-order valence-corrected chi connectivity index (χ4v) is 4.05. The van der Waals surface area contributed by atoms with Gasteiger partial charge in [-0.2, -0.15) is 0 Å². The molecule has 0 N–H and O–H groups in total. The van der Waals surface area contributed by atoms with Gasteiger partial charge in [-0.1, -0.05) is 13.8 Å². The number of fused-ring (bicyclic) bond motifs is 1. The van der Waals surface area contributed by atoms with Crippen molar-refractivity contribution in [3.63, 3.8) is 0 Å². The summed E-state index contributed by atoms with van der Waals surface area (Å²) in [6.45, 7) is 6.44. The maximum Gasteiger partial charge on any atom is 0.346 e. The first-order valence-corrected chi connectivity index (χ1v) is 6.99. The summed E-state index contributed by atoms with van der Waals surface area (Å²) in [5, 5.41) is 0. The van der Waals surface area contributed by atoms with Crippen LogP contribution in [0.5, 0.6) is 5.75 Å². The third-order valence-electron chi connectivity index (χ3n) is 5.40. The highest BCUT2D eigenvalue weighted by atomic mass is 16.5. The van der Waals surface area contributed by atoms with Gasteiger partial charge in [-0.05, 0) is 48.7 Å². The Labute approximate surface area is 112 Å². The Hall–Kier alpha value is -1.51. The molecule has 0 spiro atoms. The van der Waals surface area contributed by atoms with Gasteiger partial charge in [0.2, 0.25) is 0 Å². The molecule has 2 bridgehead atoms. The Morgan fingerprint density at radius 1 is 1.32 bits per heavy atom. The summed E-state index contributed by atoms with van der Waals surface area (Å²) >= 11 is 0. The average Bonchev–Trinajstić information content (AvgIpc) is 2.35. The number of aryl methyl sites for hydroxylation is 1. The molecule has 3 atom stereocenters. The number of hydrogen-bond donors (Lipinski definition) is 0. The molecule has 3 nitrogen and oxygen atoms in total. The van der Waals surface area contributed by atoms with Gasteiger partial charge in [0.15, 0.2) is 0 Å². The minimum Gasteiger partial charge on any atom is -0.485 e. The van der Waals surface area contributed by atoms with Crippen LogP contribution in [0.25, 0.3) is 6.08 Å². The first-order valence-electron chi connectivity index (χ1n) is 6.99. The molecule has 3 fully saturated rings. The van der Waals surface area contributed by atoms with Crippen LogP contribution < -0.4 is 10.4 Å². The van der Waals surface area contributed by atoms with E-state index in [1.54, 1.807) is 6.92 Å². The Morgan fingerprint density at radius 3 is 2.84 bits per heavy atom. The van der Waals surface area contributed by atoms with E-state index in [4.69, 9.17) is 9.15 Å². The lowest BCUT2D eigenvalue weighted by atomic mass is 9.46. The zero-order valence-electron chi connectivity index (χ0n) is 11.5. The Morgan fingerprint density at radius 2 is 2.11 bits per heavy atom. The number of ether oxygens (including phenoxy) is 1. The number of rotatable bonds is 0. The van der Waals surface area contributed by atoms with E-state index in [-0.39, 0.29) is 11.7 Å². The van der Waals surface area contributed by atoms with Crippen LogP contribution in [0.4, 0.5) is 0 Å². The van der Waals surface area contributed by atoms with Crippen molar-refractivity contribution >= 4 is 6.08 Å². The van der Waals surface area contributed by atoms with Gasteiger partial charge in [-0.15, -0.1) is 0 Å². The Kier molecular flexibility index (Phi) is 1.98. The third-order valence-corrected chi connectivity index (χ3v) is 5.40. The minimum absolute atomic E-state index is 0.172. The molecule has 1 aromatic rings. The minimum atomic E-state index is -0.278. The lowest BCUT2D eigenvalue weighted by molar-refractivity contribution is -0.0652. The molecule has 2 heterocycles. The molecule has 4 aliphatic rings. The molecule has 1 aromatic heterocycles. The van der Waals surface area contributed by atoms with Crippen molar-refractivity contribution in [1.29, 1.82) is 0 Å². The molecule has 0 amide bonds. The maximum atomic E-state index is 11.9. The van der Waals surface area contributed by atoms with Crippen LogP contribution in [0.15, 0.2) is 20.9 Å². The molecule has 1 aliphatic heterocycles. The average molecular weight is 258 g/mol. The van der Waals surface area contributed by atoms with Crippen LogP contribution in [0.1, 0.15) is 38.0 Å². The summed E-state index contributed by atoms with van der Waals surface area (Å²) in [6.07, 6.45) is 4.53. The van der Waals surface area contributed by atoms with Crippen molar-refractivity contribution in [1.82, 2.24) is 0 Å². The standard InChI is InChI=1S/C16H18O3/c1-8-4-13-11(15(17)18-8)7-10-12-5-9(16(12,2)3)6-14(10)19-13/h4,7,9,12,14H,5-6H2,1-3H3/t9-,12+,14+/m0/s1. The highest BCUT2D eigenvalue weighted by molar-refractivity contribution is 5.63. The summed E-state index contributed by atoms with van der Waals surface area (Å²) in [5.74, 6) is 2.62. The largest absolute Gasteiger partial charge is 0.485 e. The zero-order valence-corrected chi connectivity index (χ0v) is 11.5. The van der Waals surface area contributed by atoms with E-state index in [1.165, 1.54) is 12.0 Å². The first kappa shape index (κ1) is 11.3. The summed E-state index contributed by atoms with van der Waals surface area (Å²) in [7, 11) is 0. The van der Waals surface area contributed by atoms with Crippen LogP contribution in [-0.2, 0) is 0 Å². The summed E-state index contributed by atoms with van der Waals surface area (Å²) < 4.78 is 11.2. The zero-order chi connectivity index (χ0) is 13.4. The van der Waals surface area contributed by atoms with Gasteiger partial charge >= 0.3 is 5.63 Å². The molecule has 19 heavy (non-hydrogen) atoms. The molecule has 100 valence electrons. The van der Waals surface area contributed by atoms with Gasteiger partial charge in [0, 0.05) is 6.07 Å². The van der Waals surface area contributed by atoms with Gasteiger partial charge in [-0.25, -0.2) is 4.79 Å². The van der Waals surface area contributed by atoms with Crippen molar-refractivity contribution < 1.29 is 9.15 Å². The molecule has 3 aliphatic carbocycles. The van der Waals surface area contributed by atoms with E-state index in [2.05, 4.69) is 13.8 Å². The van der Waals surface area contributed by atoms with Crippen LogP contribution in [0, 0.1) is 24.2 Å². The normalized spacial score (nSPS) is 33.4. The van der Waals surface area contributed by atoms with Crippen LogP contribution in [0.3, 0.4) is 0 Å². The van der Waals surface area contributed by atoms with Gasteiger partial charge in [0.25, 0.3) is 0 Å². The van der Waals surface area contributed by atoms with Crippen LogP contribution in [0.2, 0.25) is 0 Å². The smallest absolute Gasteiger partial charge is 0.346 e. The van der Waals surface area contributed by atoms with Crippen molar-refractivity contribution in [2.45, 2.75) is 39.7 Å². The predicted molar refractivity (Wildman–Crippen MR) is 72.1 cm³/mol. The molecule has 3 saturated carbocycles. The van der Waals surface area contributed by atoms with Crippen molar-refractivity contribution in [3.05, 3.63) is 33.4 Å². The predicted octanol–water partition coefficient (Wildman–Crippen LogP) is 3.16. The van der Waals surface area contributed by atoms with E-state index in [1.807, 2.05) is 12.1 Å². The van der Waals surface area contributed by atoms with E-state index in [0.29, 0.717) is 28.4 Å². The fourth-order valence-electron chi connectivity index (χ4n) is 4.05. The number of hydrogen-bond acceptors (Lipinski definition) is 3. The Bertz CT molecular complexity index is 650. The topological polar surface area (TPSA) is 39.4 Å². The molecule has 3 heteroatoms. The summed E-state index contributed by atoms with van der Waals surface area (Å²) in [4.78, 5) is 11.9. The molecule has 0 unspecified atom stereocenters. The second-order valence-electron chi connectivity index (χ2n) is 6.72. The monoisotopic (exact) mass is 258 g/mol. The van der Waals surface area contributed by atoms with Crippen molar-refractivity contribution in [3.8, 4) is 5.75 Å². The first-order chi connectivity index (χ1) is 8.96. The summed E-state index contributed by atoms with van der Waals surface area (Å²) in [6, 6.07) is 1.83. The molecule has 0 aromatic carbocycles. The van der Waals surface area contributed by atoms with Gasteiger partial charge in [0.1, 0.15) is 23.2 Å². The maximum absolute atomic E-state index is 11.9. The van der Waals surface area contributed by atoms with E-state index >= 15 is 0 Å². The van der Waals surface area contributed by atoms with Crippen molar-refractivity contribution in [2.75, 3.05) is 0 Å². The molecule has 5 rings (SSSR count).